The number of imidazole rings is 1. The lowest BCUT2D eigenvalue weighted by Crippen LogP contribution is -2.19. The maximum absolute atomic E-state index is 12.1. The second-order valence-electron chi connectivity index (χ2n) is 5.67. The number of rotatable bonds is 3. The minimum absolute atomic E-state index is 0.0322. The van der Waals surface area contributed by atoms with Gasteiger partial charge in [0.2, 0.25) is 0 Å². The predicted molar refractivity (Wildman–Crippen MR) is 79.3 cm³/mol. The van der Waals surface area contributed by atoms with Gasteiger partial charge in [-0.3, -0.25) is 0 Å². The summed E-state index contributed by atoms with van der Waals surface area (Å²) in [7, 11) is 1.96. The van der Waals surface area contributed by atoms with E-state index < -0.39 is 0 Å². The summed E-state index contributed by atoms with van der Waals surface area (Å²) in [5, 5.41) is 0. The lowest BCUT2D eigenvalue weighted by atomic mass is 10.2. The van der Waals surface area contributed by atoms with Crippen LogP contribution in [0.3, 0.4) is 0 Å². The Hall–Kier alpha value is -1.88. The summed E-state index contributed by atoms with van der Waals surface area (Å²) in [5.41, 5.74) is 2.36. The number of benzene rings is 1. The Morgan fingerprint density at radius 2 is 2.29 bits per heavy atom. The van der Waals surface area contributed by atoms with Gasteiger partial charge in [0, 0.05) is 7.05 Å². The molecule has 1 aromatic carbocycles. The summed E-state index contributed by atoms with van der Waals surface area (Å²) in [4.78, 5) is 16.5. The second kappa shape index (κ2) is 5.48. The first-order chi connectivity index (χ1) is 10.0. The highest BCUT2D eigenvalue weighted by atomic mass is 16.6. The predicted octanol–water partition coefficient (Wildman–Crippen LogP) is 2.61. The highest BCUT2D eigenvalue weighted by molar-refractivity contribution is 5.93. The van der Waals surface area contributed by atoms with Crippen LogP contribution in [0, 0.1) is 6.92 Å². The fourth-order valence-corrected chi connectivity index (χ4v) is 2.71. The lowest BCUT2D eigenvalue weighted by Gasteiger charge is -2.11. The molecule has 0 aliphatic carbocycles. The summed E-state index contributed by atoms with van der Waals surface area (Å²) >= 11 is 0. The highest BCUT2D eigenvalue weighted by Crippen LogP contribution is 2.20. The normalized spacial score (nSPS) is 21.9. The molecule has 0 N–H and O–H groups in total. The van der Waals surface area contributed by atoms with Crippen LogP contribution in [-0.4, -0.2) is 34.3 Å². The van der Waals surface area contributed by atoms with E-state index in [1.54, 1.807) is 12.1 Å². The van der Waals surface area contributed by atoms with E-state index >= 15 is 0 Å². The summed E-state index contributed by atoms with van der Waals surface area (Å²) in [5.74, 6) is 0.604. The van der Waals surface area contributed by atoms with Crippen molar-refractivity contribution in [1.82, 2.24) is 9.55 Å². The number of esters is 1. The molecule has 5 heteroatoms. The molecule has 0 bridgehead atoms. The highest BCUT2D eigenvalue weighted by Gasteiger charge is 2.23. The van der Waals surface area contributed by atoms with Gasteiger partial charge in [-0.1, -0.05) is 0 Å². The number of carbonyl (C=O) groups is 1. The first-order valence-electron chi connectivity index (χ1n) is 7.30. The molecule has 2 aromatic rings. The van der Waals surface area contributed by atoms with Crippen molar-refractivity contribution in [3.63, 3.8) is 0 Å². The zero-order valence-electron chi connectivity index (χ0n) is 12.6. The van der Waals surface area contributed by atoms with Crippen molar-refractivity contribution in [2.75, 3.05) is 6.61 Å². The Balaban J connectivity index is 1.69. The fraction of sp³-hybridized carbons (Fsp3) is 0.500. The Bertz CT molecular complexity index is 677. The number of fused-ring (bicyclic) bond motifs is 1. The SMILES string of the molecule is Cc1nc2cc(C(=O)OC[C@@H]3CC[C@@H](C)O3)ccc2n1C. The number of nitrogens with zero attached hydrogens (tertiary/aromatic N) is 2. The van der Waals surface area contributed by atoms with Crippen LogP contribution in [0.5, 0.6) is 0 Å². The summed E-state index contributed by atoms with van der Waals surface area (Å²) in [6.07, 6.45) is 2.28. The van der Waals surface area contributed by atoms with E-state index in [-0.39, 0.29) is 18.2 Å². The van der Waals surface area contributed by atoms with E-state index in [0.717, 1.165) is 29.7 Å². The monoisotopic (exact) mass is 288 g/mol. The van der Waals surface area contributed by atoms with Crippen LogP contribution < -0.4 is 0 Å². The zero-order valence-corrected chi connectivity index (χ0v) is 12.6. The van der Waals surface area contributed by atoms with Gasteiger partial charge in [-0.15, -0.1) is 0 Å². The molecule has 0 saturated carbocycles. The van der Waals surface area contributed by atoms with E-state index in [4.69, 9.17) is 9.47 Å². The maximum atomic E-state index is 12.1. The van der Waals surface area contributed by atoms with Crippen LogP contribution in [0.1, 0.15) is 35.9 Å². The molecule has 1 saturated heterocycles. The molecule has 0 spiro atoms. The van der Waals surface area contributed by atoms with Crippen LogP contribution in [0.15, 0.2) is 18.2 Å². The lowest BCUT2D eigenvalue weighted by molar-refractivity contribution is -0.00265. The Morgan fingerprint density at radius 3 is 3.00 bits per heavy atom. The Kier molecular flexibility index (Phi) is 3.68. The minimum Gasteiger partial charge on any atom is -0.459 e. The summed E-state index contributed by atoms with van der Waals surface area (Å²) in [6, 6.07) is 5.47. The van der Waals surface area contributed by atoms with Gasteiger partial charge in [0.15, 0.2) is 0 Å². The largest absolute Gasteiger partial charge is 0.459 e. The third-order valence-electron chi connectivity index (χ3n) is 4.06. The van der Waals surface area contributed by atoms with Gasteiger partial charge >= 0.3 is 5.97 Å². The van der Waals surface area contributed by atoms with Crippen LogP contribution in [0.4, 0.5) is 0 Å². The molecular formula is C16H20N2O3. The topological polar surface area (TPSA) is 53.4 Å². The number of hydrogen-bond acceptors (Lipinski definition) is 4. The van der Waals surface area contributed by atoms with E-state index in [0.29, 0.717) is 12.2 Å². The van der Waals surface area contributed by atoms with Gasteiger partial charge in [-0.25, -0.2) is 9.78 Å². The third kappa shape index (κ3) is 2.78. The zero-order chi connectivity index (χ0) is 15.0. The average Bonchev–Trinajstić information content (AvgIpc) is 3.00. The van der Waals surface area contributed by atoms with Crippen molar-refractivity contribution in [2.45, 2.75) is 38.9 Å². The van der Waals surface area contributed by atoms with Gasteiger partial charge in [0.05, 0.1) is 28.8 Å². The molecule has 0 radical (unpaired) electrons. The Morgan fingerprint density at radius 1 is 1.48 bits per heavy atom. The second-order valence-corrected chi connectivity index (χ2v) is 5.67. The van der Waals surface area contributed by atoms with Gasteiger partial charge < -0.3 is 14.0 Å². The molecule has 2 atom stereocenters. The Labute approximate surface area is 123 Å². The molecule has 0 unspecified atom stereocenters. The van der Waals surface area contributed by atoms with Gasteiger partial charge in [0.1, 0.15) is 12.4 Å². The number of hydrogen-bond donors (Lipinski definition) is 0. The van der Waals surface area contributed by atoms with Crippen molar-refractivity contribution in [1.29, 1.82) is 0 Å². The molecular weight excluding hydrogens is 268 g/mol. The number of aryl methyl sites for hydroxylation is 2. The van der Waals surface area contributed by atoms with Gasteiger partial charge in [0.25, 0.3) is 0 Å². The molecule has 1 aliphatic heterocycles. The minimum atomic E-state index is -0.316. The summed E-state index contributed by atoms with van der Waals surface area (Å²) in [6.45, 7) is 4.30. The number of aromatic nitrogens is 2. The van der Waals surface area contributed by atoms with Crippen LogP contribution in [-0.2, 0) is 16.5 Å². The molecule has 3 rings (SSSR count). The maximum Gasteiger partial charge on any atom is 0.338 e. The molecule has 2 heterocycles. The van der Waals surface area contributed by atoms with Crippen molar-refractivity contribution in [3.8, 4) is 0 Å². The van der Waals surface area contributed by atoms with Gasteiger partial charge in [-0.2, -0.15) is 0 Å². The number of carbonyl (C=O) groups excluding carboxylic acids is 1. The van der Waals surface area contributed by atoms with Gasteiger partial charge in [-0.05, 0) is 44.9 Å². The third-order valence-corrected chi connectivity index (χ3v) is 4.06. The molecule has 112 valence electrons. The van der Waals surface area contributed by atoms with E-state index in [2.05, 4.69) is 4.98 Å². The molecule has 1 fully saturated rings. The van der Waals surface area contributed by atoms with Crippen LogP contribution >= 0.6 is 0 Å². The number of ether oxygens (including phenoxy) is 2. The standard InChI is InChI=1S/C16H20N2O3/c1-10-4-6-13(21-10)9-20-16(19)12-5-7-15-14(8-12)17-11(2)18(15)3/h5,7-8,10,13H,4,6,9H2,1-3H3/t10-,13+/m1/s1. The quantitative estimate of drug-likeness (QED) is 0.815. The molecule has 5 nitrogen and oxygen atoms in total. The van der Waals surface area contributed by atoms with Crippen molar-refractivity contribution >= 4 is 17.0 Å². The van der Waals surface area contributed by atoms with Crippen LogP contribution in [0.2, 0.25) is 0 Å². The molecule has 1 aromatic heterocycles. The first kappa shape index (κ1) is 14.1. The van der Waals surface area contributed by atoms with Crippen LogP contribution in [0.25, 0.3) is 11.0 Å². The smallest absolute Gasteiger partial charge is 0.338 e. The molecule has 1 aliphatic rings. The molecule has 21 heavy (non-hydrogen) atoms. The van der Waals surface area contributed by atoms with Crippen molar-refractivity contribution in [3.05, 3.63) is 29.6 Å². The van der Waals surface area contributed by atoms with Crippen molar-refractivity contribution in [2.24, 2.45) is 7.05 Å². The van der Waals surface area contributed by atoms with E-state index in [1.807, 2.05) is 31.5 Å². The summed E-state index contributed by atoms with van der Waals surface area (Å²) < 4.78 is 13.0. The molecule has 0 amide bonds. The first-order valence-corrected chi connectivity index (χ1v) is 7.30. The van der Waals surface area contributed by atoms with E-state index in [1.165, 1.54) is 0 Å². The van der Waals surface area contributed by atoms with Crippen molar-refractivity contribution < 1.29 is 14.3 Å². The average molecular weight is 288 g/mol. The van der Waals surface area contributed by atoms with E-state index in [9.17, 15) is 4.79 Å². The fourth-order valence-electron chi connectivity index (χ4n) is 2.71.